The summed E-state index contributed by atoms with van der Waals surface area (Å²) >= 11 is 0. The minimum atomic E-state index is 0.148. The lowest BCUT2D eigenvalue weighted by atomic mass is 9.95. The van der Waals surface area contributed by atoms with E-state index < -0.39 is 0 Å². The lowest BCUT2D eigenvalue weighted by molar-refractivity contribution is 0.0782. The number of nitrogens with zero attached hydrogens (tertiary/aromatic N) is 3. The topological polar surface area (TPSA) is 89.7 Å². The Bertz CT molecular complexity index is 1290. The SMILES string of the molecule is CC(C)c1c(-c2ccnc3[nH]ncc23)[nH]c2ccc(C(=O)N3CC4CNCC4C3)cc12. The van der Waals surface area contributed by atoms with E-state index in [1.165, 1.54) is 5.56 Å². The predicted molar refractivity (Wildman–Crippen MR) is 121 cm³/mol. The van der Waals surface area contributed by atoms with Gasteiger partial charge in [0.1, 0.15) is 0 Å². The van der Waals surface area contributed by atoms with Crippen LogP contribution >= 0.6 is 0 Å². The first kappa shape index (κ1) is 18.6. The number of carbonyl (C=O) groups excluding carboxylic acids is 1. The number of fused-ring (bicyclic) bond motifs is 3. The number of aromatic amines is 2. The van der Waals surface area contributed by atoms with Crippen LogP contribution < -0.4 is 5.32 Å². The molecule has 0 spiro atoms. The van der Waals surface area contributed by atoms with Crippen molar-refractivity contribution in [3.05, 3.63) is 47.8 Å². The molecular formula is C24H26N6O. The van der Waals surface area contributed by atoms with E-state index in [4.69, 9.17) is 0 Å². The normalized spacial score (nSPS) is 20.9. The van der Waals surface area contributed by atoms with Crippen LogP contribution in [0.5, 0.6) is 0 Å². The average Bonchev–Trinajstić information content (AvgIpc) is 3.53. The monoisotopic (exact) mass is 414 g/mol. The minimum Gasteiger partial charge on any atom is -0.354 e. The molecule has 2 unspecified atom stereocenters. The highest BCUT2D eigenvalue weighted by molar-refractivity contribution is 6.02. The summed E-state index contributed by atoms with van der Waals surface area (Å²) in [7, 11) is 0. The average molecular weight is 415 g/mol. The first-order valence-electron chi connectivity index (χ1n) is 11.0. The molecule has 31 heavy (non-hydrogen) atoms. The molecule has 0 bridgehead atoms. The summed E-state index contributed by atoms with van der Waals surface area (Å²) in [5.41, 5.74) is 5.97. The van der Waals surface area contributed by atoms with Gasteiger partial charge in [0.2, 0.25) is 0 Å². The molecule has 7 nitrogen and oxygen atoms in total. The van der Waals surface area contributed by atoms with Gasteiger partial charge in [0.15, 0.2) is 5.65 Å². The van der Waals surface area contributed by atoms with Gasteiger partial charge in [-0.05, 0) is 47.6 Å². The van der Waals surface area contributed by atoms with Crippen LogP contribution in [0.25, 0.3) is 33.2 Å². The molecule has 158 valence electrons. The van der Waals surface area contributed by atoms with E-state index in [9.17, 15) is 4.79 Å². The summed E-state index contributed by atoms with van der Waals surface area (Å²) in [5.74, 6) is 1.64. The Morgan fingerprint density at radius 2 is 1.94 bits per heavy atom. The molecule has 2 atom stereocenters. The maximum Gasteiger partial charge on any atom is 0.253 e. The molecule has 7 heteroatoms. The number of likely N-dealkylation sites (tertiary alicyclic amines) is 1. The molecular weight excluding hydrogens is 388 g/mol. The van der Waals surface area contributed by atoms with Crippen molar-refractivity contribution in [1.82, 2.24) is 30.4 Å². The highest BCUT2D eigenvalue weighted by Crippen LogP contribution is 2.38. The Kier molecular flexibility index (Phi) is 4.14. The fourth-order valence-electron chi connectivity index (χ4n) is 5.43. The van der Waals surface area contributed by atoms with Crippen LogP contribution in [0.15, 0.2) is 36.7 Å². The van der Waals surface area contributed by atoms with E-state index in [0.717, 1.165) is 64.9 Å². The number of hydrogen-bond acceptors (Lipinski definition) is 4. The molecule has 2 aliphatic rings. The van der Waals surface area contributed by atoms with Gasteiger partial charge in [-0.1, -0.05) is 13.8 Å². The lowest BCUT2D eigenvalue weighted by Gasteiger charge is -2.18. The van der Waals surface area contributed by atoms with Gasteiger partial charge < -0.3 is 15.2 Å². The number of benzene rings is 1. The van der Waals surface area contributed by atoms with Gasteiger partial charge in [0, 0.05) is 59.8 Å². The van der Waals surface area contributed by atoms with Gasteiger partial charge in [-0.2, -0.15) is 5.10 Å². The standard InChI is InChI=1S/C24H26N6O/c1-13(2)21-18-7-14(24(31)30-11-15-8-25-9-16(15)12-30)3-4-20(18)28-22(21)17-5-6-26-23-19(17)10-27-29-23/h3-7,10,13,15-16,25,28H,8-9,11-12H2,1-2H3,(H,26,27,29). The van der Waals surface area contributed by atoms with Crippen LogP contribution in [0.3, 0.4) is 0 Å². The molecule has 5 heterocycles. The van der Waals surface area contributed by atoms with Crippen LogP contribution in [-0.2, 0) is 0 Å². The van der Waals surface area contributed by atoms with E-state index >= 15 is 0 Å². The van der Waals surface area contributed by atoms with Crippen molar-refractivity contribution >= 4 is 27.8 Å². The summed E-state index contributed by atoms with van der Waals surface area (Å²) in [4.78, 5) is 23.3. The molecule has 1 aromatic carbocycles. The smallest absolute Gasteiger partial charge is 0.253 e. The molecule has 0 saturated carbocycles. The Morgan fingerprint density at radius 3 is 2.71 bits per heavy atom. The van der Waals surface area contributed by atoms with Crippen molar-refractivity contribution in [3.8, 4) is 11.3 Å². The molecule has 6 rings (SSSR count). The minimum absolute atomic E-state index is 0.148. The van der Waals surface area contributed by atoms with E-state index in [1.54, 1.807) is 6.20 Å². The molecule has 1 amide bonds. The Hall–Kier alpha value is -3.19. The quantitative estimate of drug-likeness (QED) is 0.478. The second-order valence-electron chi connectivity index (χ2n) is 9.21. The van der Waals surface area contributed by atoms with Crippen LogP contribution in [0, 0.1) is 11.8 Å². The van der Waals surface area contributed by atoms with Crippen molar-refractivity contribution in [3.63, 3.8) is 0 Å². The number of amides is 1. The van der Waals surface area contributed by atoms with Crippen LogP contribution in [0.2, 0.25) is 0 Å². The van der Waals surface area contributed by atoms with Gasteiger partial charge >= 0.3 is 0 Å². The van der Waals surface area contributed by atoms with Crippen LogP contribution in [-0.4, -0.2) is 57.2 Å². The van der Waals surface area contributed by atoms with Gasteiger partial charge in [-0.15, -0.1) is 0 Å². The van der Waals surface area contributed by atoms with Crippen molar-refractivity contribution < 1.29 is 4.79 Å². The van der Waals surface area contributed by atoms with Crippen molar-refractivity contribution in [2.45, 2.75) is 19.8 Å². The van der Waals surface area contributed by atoms with E-state index in [-0.39, 0.29) is 5.91 Å². The van der Waals surface area contributed by atoms with Crippen LogP contribution in [0.1, 0.15) is 35.7 Å². The highest BCUT2D eigenvalue weighted by atomic mass is 16.2. The van der Waals surface area contributed by atoms with E-state index in [0.29, 0.717) is 17.8 Å². The van der Waals surface area contributed by atoms with Gasteiger partial charge in [-0.25, -0.2) is 4.98 Å². The lowest BCUT2D eigenvalue weighted by Crippen LogP contribution is -2.31. The molecule has 3 N–H and O–H groups in total. The number of H-pyrrole nitrogens is 2. The third kappa shape index (κ3) is 2.87. The largest absolute Gasteiger partial charge is 0.354 e. The zero-order valence-corrected chi connectivity index (χ0v) is 17.8. The van der Waals surface area contributed by atoms with Crippen LogP contribution in [0.4, 0.5) is 0 Å². The number of carbonyl (C=O) groups is 1. The van der Waals surface area contributed by atoms with Crippen molar-refractivity contribution in [1.29, 1.82) is 0 Å². The van der Waals surface area contributed by atoms with E-state index in [1.807, 2.05) is 29.3 Å². The molecule has 0 radical (unpaired) electrons. The molecule has 2 fully saturated rings. The number of aromatic nitrogens is 4. The zero-order valence-electron chi connectivity index (χ0n) is 17.8. The first-order valence-corrected chi connectivity index (χ1v) is 11.0. The summed E-state index contributed by atoms with van der Waals surface area (Å²) in [6, 6.07) is 8.11. The van der Waals surface area contributed by atoms with Crippen molar-refractivity contribution in [2.24, 2.45) is 11.8 Å². The Labute approximate surface area is 180 Å². The van der Waals surface area contributed by atoms with Gasteiger partial charge in [-0.3, -0.25) is 9.89 Å². The summed E-state index contributed by atoms with van der Waals surface area (Å²) in [6.07, 6.45) is 3.63. The fourth-order valence-corrected chi connectivity index (χ4v) is 5.43. The molecule has 4 aromatic rings. The molecule has 2 saturated heterocycles. The zero-order chi connectivity index (χ0) is 21.1. The Morgan fingerprint density at radius 1 is 1.13 bits per heavy atom. The number of hydrogen-bond donors (Lipinski definition) is 3. The Balaban J connectivity index is 1.44. The second kappa shape index (κ2) is 6.92. The summed E-state index contributed by atoms with van der Waals surface area (Å²) in [5, 5.41) is 12.7. The predicted octanol–water partition coefficient (Wildman–Crippen LogP) is 3.52. The van der Waals surface area contributed by atoms with Gasteiger partial charge in [0.05, 0.1) is 11.9 Å². The molecule has 2 aliphatic heterocycles. The third-order valence-corrected chi connectivity index (χ3v) is 6.96. The highest BCUT2D eigenvalue weighted by Gasteiger charge is 2.38. The number of pyridine rings is 1. The fraction of sp³-hybridized carbons (Fsp3) is 0.375. The van der Waals surface area contributed by atoms with E-state index in [2.05, 4.69) is 45.4 Å². The third-order valence-electron chi connectivity index (χ3n) is 6.96. The van der Waals surface area contributed by atoms with Gasteiger partial charge in [0.25, 0.3) is 5.91 Å². The summed E-state index contributed by atoms with van der Waals surface area (Å²) < 4.78 is 0. The number of nitrogens with one attached hydrogen (secondary N) is 3. The first-order chi connectivity index (χ1) is 15.1. The molecule has 3 aromatic heterocycles. The molecule has 0 aliphatic carbocycles. The number of rotatable bonds is 3. The maximum absolute atomic E-state index is 13.3. The summed E-state index contributed by atoms with van der Waals surface area (Å²) in [6.45, 7) is 8.17. The maximum atomic E-state index is 13.3. The second-order valence-corrected chi connectivity index (χ2v) is 9.21. The van der Waals surface area contributed by atoms with Crippen molar-refractivity contribution in [2.75, 3.05) is 26.2 Å².